The van der Waals surface area contributed by atoms with E-state index >= 15 is 0 Å². The van der Waals surface area contributed by atoms with Crippen molar-refractivity contribution in [3.63, 3.8) is 0 Å². The Morgan fingerprint density at radius 3 is 2.68 bits per heavy atom. The molecule has 0 aliphatic heterocycles. The molecule has 2 aromatic carbocycles. The number of para-hydroxylation sites is 2. The molecule has 5 nitrogen and oxygen atoms in total. The van der Waals surface area contributed by atoms with Crippen molar-refractivity contribution < 1.29 is 9.84 Å². The summed E-state index contributed by atoms with van der Waals surface area (Å²) in [4.78, 5) is 0. The molecule has 0 radical (unpaired) electrons. The van der Waals surface area contributed by atoms with Gasteiger partial charge in [-0.3, -0.25) is 0 Å². The fraction of sp³-hybridized carbons (Fsp3) is 0.348. The Morgan fingerprint density at radius 2 is 1.89 bits per heavy atom. The molecule has 0 saturated heterocycles. The van der Waals surface area contributed by atoms with Crippen LogP contribution in [-0.2, 0) is 13.5 Å². The molecule has 0 saturated carbocycles. The fourth-order valence-electron chi connectivity index (χ4n) is 3.43. The van der Waals surface area contributed by atoms with E-state index in [9.17, 15) is 5.11 Å². The summed E-state index contributed by atoms with van der Waals surface area (Å²) in [5.41, 5.74) is 2.79. The summed E-state index contributed by atoms with van der Waals surface area (Å²) in [6.07, 6.45) is 2.35. The maximum atomic E-state index is 10.3. The Balaban J connectivity index is 1.56. The molecule has 5 heteroatoms. The highest BCUT2D eigenvalue weighted by atomic mass is 16.5. The zero-order valence-electron chi connectivity index (χ0n) is 16.6. The van der Waals surface area contributed by atoms with Crippen LogP contribution in [0.3, 0.4) is 0 Å². The number of nitriles is 1. The van der Waals surface area contributed by atoms with Gasteiger partial charge in [-0.1, -0.05) is 30.3 Å². The van der Waals surface area contributed by atoms with Crippen LogP contribution >= 0.6 is 0 Å². The summed E-state index contributed by atoms with van der Waals surface area (Å²) >= 11 is 0. The van der Waals surface area contributed by atoms with Crippen molar-refractivity contribution in [3.05, 3.63) is 65.9 Å². The Morgan fingerprint density at radius 1 is 1.18 bits per heavy atom. The first-order chi connectivity index (χ1) is 13.4. The molecule has 0 fully saturated rings. The molecule has 0 aliphatic carbocycles. The second-order valence-electron chi connectivity index (χ2n) is 7.80. The maximum absolute atomic E-state index is 10.3. The summed E-state index contributed by atoms with van der Waals surface area (Å²) in [7, 11) is 2.06. The number of nitrogens with zero attached hydrogens (tertiary/aromatic N) is 2. The number of benzene rings is 2. The van der Waals surface area contributed by atoms with E-state index in [-0.39, 0.29) is 12.1 Å². The number of aliphatic hydroxyl groups is 1. The molecule has 0 bridgehead atoms. The van der Waals surface area contributed by atoms with Crippen molar-refractivity contribution in [1.29, 1.82) is 5.26 Å². The van der Waals surface area contributed by atoms with Crippen LogP contribution in [0.5, 0.6) is 5.75 Å². The van der Waals surface area contributed by atoms with E-state index in [1.165, 1.54) is 16.5 Å². The van der Waals surface area contributed by atoms with Gasteiger partial charge in [0.1, 0.15) is 24.5 Å². The zero-order chi connectivity index (χ0) is 20.1. The van der Waals surface area contributed by atoms with Crippen LogP contribution in [0.25, 0.3) is 10.9 Å². The highest BCUT2D eigenvalue weighted by Gasteiger charge is 2.21. The predicted octanol–water partition coefficient (Wildman–Crippen LogP) is 3.40. The first kappa shape index (κ1) is 19.9. The third kappa shape index (κ3) is 4.72. The standard InChI is InChI=1S/C23H27N3O2/c1-23(2,12-18-15-26(3)21-10-6-5-9-20(18)21)25-14-19(27)16-28-22-11-7-4-8-17(22)13-24/h4-11,15,19,25,27H,12,14,16H2,1-3H3. The van der Waals surface area contributed by atoms with Gasteiger partial charge in [-0.2, -0.15) is 5.26 Å². The molecule has 1 atom stereocenters. The highest BCUT2D eigenvalue weighted by Crippen LogP contribution is 2.24. The number of nitrogens with one attached hydrogen (secondary N) is 1. The number of fused-ring (bicyclic) bond motifs is 1. The molecule has 28 heavy (non-hydrogen) atoms. The third-order valence-corrected chi connectivity index (χ3v) is 4.87. The molecule has 2 N–H and O–H groups in total. The molecule has 1 aromatic heterocycles. The molecule has 1 heterocycles. The van der Waals surface area contributed by atoms with Gasteiger partial charge >= 0.3 is 0 Å². The third-order valence-electron chi connectivity index (χ3n) is 4.87. The number of hydrogen-bond acceptors (Lipinski definition) is 4. The number of aliphatic hydroxyl groups excluding tert-OH is 1. The summed E-state index contributed by atoms with van der Waals surface area (Å²) in [5, 5.41) is 24.1. The van der Waals surface area contributed by atoms with E-state index in [0.29, 0.717) is 17.9 Å². The minimum atomic E-state index is -0.668. The van der Waals surface area contributed by atoms with Gasteiger partial charge < -0.3 is 19.7 Å². The van der Waals surface area contributed by atoms with Crippen molar-refractivity contribution in [2.24, 2.45) is 7.05 Å². The second kappa shape index (κ2) is 8.47. The van der Waals surface area contributed by atoms with Crippen molar-refractivity contribution in [3.8, 4) is 11.8 Å². The largest absolute Gasteiger partial charge is 0.489 e. The monoisotopic (exact) mass is 377 g/mol. The minimum absolute atomic E-state index is 0.135. The van der Waals surface area contributed by atoms with Gasteiger partial charge in [-0.05, 0) is 44.0 Å². The fourth-order valence-corrected chi connectivity index (χ4v) is 3.43. The number of aryl methyl sites for hydroxylation is 1. The van der Waals surface area contributed by atoms with Gasteiger partial charge in [-0.25, -0.2) is 0 Å². The van der Waals surface area contributed by atoms with E-state index < -0.39 is 6.10 Å². The van der Waals surface area contributed by atoms with Crippen LogP contribution in [0, 0.1) is 11.3 Å². The lowest BCUT2D eigenvalue weighted by atomic mass is 9.94. The number of β-amino-alcohol motifs (C(OH)–C–C–N with tert-alkyl or cyclic N) is 1. The molecular formula is C23H27N3O2. The first-order valence-electron chi connectivity index (χ1n) is 9.47. The Bertz CT molecular complexity index is 985. The Labute approximate surface area is 166 Å². The van der Waals surface area contributed by atoms with E-state index in [2.05, 4.69) is 67.3 Å². The molecule has 0 spiro atoms. The molecule has 3 rings (SSSR count). The maximum Gasteiger partial charge on any atom is 0.137 e. The highest BCUT2D eigenvalue weighted by molar-refractivity contribution is 5.84. The molecular weight excluding hydrogens is 350 g/mol. The van der Waals surface area contributed by atoms with E-state index in [1.807, 2.05) is 6.07 Å². The number of ether oxygens (including phenoxy) is 1. The van der Waals surface area contributed by atoms with Crippen LogP contribution < -0.4 is 10.1 Å². The molecule has 0 amide bonds. The second-order valence-corrected chi connectivity index (χ2v) is 7.80. The van der Waals surface area contributed by atoms with Gasteiger partial charge in [0.15, 0.2) is 0 Å². The topological polar surface area (TPSA) is 70.2 Å². The summed E-state index contributed by atoms with van der Waals surface area (Å²) < 4.78 is 7.77. The average molecular weight is 377 g/mol. The average Bonchev–Trinajstić information content (AvgIpc) is 3.00. The number of aromatic nitrogens is 1. The summed E-state index contributed by atoms with van der Waals surface area (Å²) in [6.45, 7) is 4.81. The van der Waals surface area contributed by atoms with E-state index in [4.69, 9.17) is 10.00 Å². The molecule has 3 aromatic rings. The van der Waals surface area contributed by atoms with Crippen molar-refractivity contribution in [2.45, 2.75) is 31.9 Å². The van der Waals surface area contributed by atoms with Gasteiger partial charge in [-0.15, -0.1) is 0 Å². The molecule has 0 aliphatic rings. The van der Waals surface area contributed by atoms with Crippen LogP contribution in [0.2, 0.25) is 0 Å². The van der Waals surface area contributed by atoms with E-state index in [1.54, 1.807) is 18.2 Å². The normalized spacial score (nSPS) is 12.7. The Hall–Kier alpha value is -2.81. The van der Waals surface area contributed by atoms with Crippen molar-refractivity contribution >= 4 is 10.9 Å². The minimum Gasteiger partial charge on any atom is -0.489 e. The smallest absolute Gasteiger partial charge is 0.137 e. The van der Waals surface area contributed by atoms with Crippen molar-refractivity contribution in [2.75, 3.05) is 13.2 Å². The van der Waals surface area contributed by atoms with Crippen LogP contribution in [0.15, 0.2) is 54.7 Å². The quantitative estimate of drug-likeness (QED) is 0.631. The zero-order valence-corrected chi connectivity index (χ0v) is 16.6. The number of rotatable bonds is 8. The lowest BCUT2D eigenvalue weighted by Crippen LogP contribution is -2.46. The predicted molar refractivity (Wildman–Crippen MR) is 111 cm³/mol. The number of hydrogen-bond donors (Lipinski definition) is 2. The van der Waals surface area contributed by atoms with Gasteiger partial charge in [0.25, 0.3) is 0 Å². The van der Waals surface area contributed by atoms with Crippen molar-refractivity contribution in [1.82, 2.24) is 9.88 Å². The Kier molecular flexibility index (Phi) is 6.03. The van der Waals surface area contributed by atoms with Crippen LogP contribution in [0.1, 0.15) is 25.0 Å². The van der Waals surface area contributed by atoms with Crippen LogP contribution in [0.4, 0.5) is 0 Å². The lowest BCUT2D eigenvalue weighted by molar-refractivity contribution is 0.0987. The summed E-state index contributed by atoms with van der Waals surface area (Å²) in [6, 6.07) is 17.5. The van der Waals surface area contributed by atoms with Gasteiger partial charge in [0, 0.05) is 36.2 Å². The van der Waals surface area contributed by atoms with Gasteiger partial charge in [0.2, 0.25) is 0 Å². The first-order valence-corrected chi connectivity index (χ1v) is 9.47. The van der Waals surface area contributed by atoms with E-state index in [0.717, 1.165) is 6.42 Å². The molecule has 1 unspecified atom stereocenters. The lowest BCUT2D eigenvalue weighted by Gasteiger charge is -2.28. The van der Waals surface area contributed by atoms with Gasteiger partial charge in [0.05, 0.1) is 5.56 Å². The van der Waals surface area contributed by atoms with Crippen LogP contribution in [-0.4, -0.2) is 34.5 Å². The molecule has 146 valence electrons. The summed E-state index contributed by atoms with van der Waals surface area (Å²) in [5.74, 6) is 0.499. The SMILES string of the molecule is Cn1cc(CC(C)(C)NCC(O)COc2ccccc2C#N)c2ccccc21.